The first kappa shape index (κ1) is 32.7. The molecule has 0 saturated heterocycles. The Hall–Kier alpha value is -7.76. The van der Waals surface area contributed by atoms with E-state index in [1.165, 1.54) is 65.3 Å². The molecule has 9 aromatic carbocycles. The van der Waals surface area contributed by atoms with E-state index in [-0.39, 0.29) is 0 Å². The van der Waals surface area contributed by atoms with Crippen LogP contribution < -0.4 is 0 Å². The summed E-state index contributed by atoms with van der Waals surface area (Å²) in [5, 5.41) is 18.9. The first-order chi connectivity index (χ1) is 28.3. The van der Waals surface area contributed by atoms with E-state index in [9.17, 15) is 0 Å². The van der Waals surface area contributed by atoms with Gasteiger partial charge in [0.15, 0.2) is 11.6 Å². The number of aromatic nitrogens is 5. The average Bonchev–Trinajstić information content (AvgIpc) is 3.74. The van der Waals surface area contributed by atoms with Crippen LogP contribution in [-0.4, -0.2) is 24.7 Å². The maximum Gasteiger partial charge on any atom is 0.237 e. The predicted octanol–water partition coefficient (Wildman–Crippen LogP) is 13.0. The van der Waals surface area contributed by atoms with Crippen LogP contribution in [-0.2, 0) is 0 Å². The molecule has 0 radical (unpaired) electrons. The molecule has 0 amide bonds. The van der Waals surface area contributed by atoms with Crippen LogP contribution in [0.3, 0.4) is 0 Å². The van der Waals surface area contributed by atoms with Crippen molar-refractivity contribution in [2.45, 2.75) is 0 Å². The van der Waals surface area contributed by atoms with Crippen LogP contribution in [0, 0.1) is 0 Å². The number of hydrogen-bond donors (Lipinski definition) is 0. The topological polar surface area (TPSA) is 56.5 Å². The second-order valence-electron chi connectivity index (χ2n) is 14.4. The molecule has 0 atom stereocenters. The molecular formula is C52H33N5. The van der Waals surface area contributed by atoms with Crippen molar-refractivity contribution in [3.05, 3.63) is 200 Å². The highest BCUT2D eigenvalue weighted by molar-refractivity contribution is 6.22. The smallest absolute Gasteiger partial charge is 0.237 e. The van der Waals surface area contributed by atoms with Gasteiger partial charge in [0.25, 0.3) is 0 Å². The molecule has 11 rings (SSSR count). The van der Waals surface area contributed by atoms with E-state index in [0.29, 0.717) is 17.6 Å². The maximum absolute atomic E-state index is 4.98. The summed E-state index contributed by atoms with van der Waals surface area (Å²) in [6.45, 7) is 0. The molecule has 57 heavy (non-hydrogen) atoms. The van der Waals surface area contributed by atoms with Crippen LogP contribution in [0.25, 0.3) is 105 Å². The number of nitrogens with zero attached hydrogens (tertiary/aromatic N) is 5. The van der Waals surface area contributed by atoms with Gasteiger partial charge in [0.1, 0.15) is 0 Å². The van der Waals surface area contributed by atoms with Gasteiger partial charge in [0.2, 0.25) is 5.95 Å². The Bertz CT molecular complexity index is 3220. The van der Waals surface area contributed by atoms with Crippen molar-refractivity contribution in [2.24, 2.45) is 0 Å². The Kier molecular flexibility index (Phi) is 7.74. The van der Waals surface area contributed by atoms with Crippen molar-refractivity contribution < 1.29 is 0 Å². The summed E-state index contributed by atoms with van der Waals surface area (Å²) in [6, 6.07) is 66.5. The molecule has 0 aliphatic rings. The molecule has 2 aromatic heterocycles. The van der Waals surface area contributed by atoms with Gasteiger partial charge in [-0.1, -0.05) is 170 Å². The van der Waals surface area contributed by atoms with E-state index in [1.807, 2.05) is 77.6 Å². The lowest BCUT2D eigenvalue weighted by atomic mass is 9.84. The number of rotatable bonds is 6. The zero-order valence-electron chi connectivity index (χ0n) is 30.8. The summed E-state index contributed by atoms with van der Waals surface area (Å²) >= 11 is 0. The SMILES string of the molecule is c1ccc(-c2nnc(-c3ccccc3)n2-c2ncc(-c3ccc4c(-c5ccc6ccccc6c5)c5ccccc5c(-c5ccc6ccccc6c5)c4c3)cn2)cc1. The Morgan fingerprint density at radius 2 is 0.737 bits per heavy atom. The molecule has 0 spiro atoms. The Morgan fingerprint density at radius 1 is 0.298 bits per heavy atom. The van der Waals surface area contributed by atoms with Crippen molar-refractivity contribution in [1.29, 1.82) is 0 Å². The fourth-order valence-corrected chi connectivity index (χ4v) is 8.28. The lowest BCUT2D eigenvalue weighted by molar-refractivity contribution is 0.938. The van der Waals surface area contributed by atoms with E-state index in [0.717, 1.165) is 22.3 Å². The fourth-order valence-electron chi connectivity index (χ4n) is 8.28. The van der Waals surface area contributed by atoms with Crippen LogP contribution in [0.4, 0.5) is 0 Å². The summed E-state index contributed by atoms with van der Waals surface area (Å²) < 4.78 is 1.94. The molecule has 266 valence electrons. The van der Waals surface area contributed by atoms with Crippen molar-refractivity contribution in [2.75, 3.05) is 0 Å². The third-order valence-corrected chi connectivity index (χ3v) is 11.0. The van der Waals surface area contributed by atoms with Gasteiger partial charge in [-0.3, -0.25) is 0 Å². The molecular weight excluding hydrogens is 695 g/mol. The quantitative estimate of drug-likeness (QED) is 0.160. The first-order valence-corrected chi connectivity index (χ1v) is 19.1. The Morgan fingerprint density at radius 3 is 1.28 bits per heavy atom. The molecule has 2 heterocycles. The minimum atomic E-state index is 0.503. The van der Waals surface area contributed by atoms with Gasteiger partial charge < -0.3 is 0 Å². The maximum atomic E-state index is 4.98. The Labute approximate surface area is 329 Å². The lowest BCUT2D eigenvalue weighted by Crippen LogP contribution is -2.05. The molecule has 0 N–H and O–H groups in total. The average molecular weight is 728 g/mol. The summed E-state index contributed by atoms with van der Waals surface area (Å²) in [6.07, 6.45) is 3.82. The lowest BCUT2D eigenvalue weighted by Gasteiger charge is -2.19. The van der Waals surface area contributed by atoms with Gasteiger partial charge >= 0.3 is 0 Å². The molecule has 0 bridgehead atoms. The van der Waals surface area contributed by atoms with Crippen LogP contribution >= 0.6 is 0 Å². The van der Waals surface area contributed by atoms with Crippen molar-refractivity contribution in [1.82, 2.24) is 24.7 Å². The van der Waals surface area contributed by atoms with Gasteiger partial charge in [-0.15, -0.1) is 10.2 Å². The largest absolute Gasteiger partial charge is 0.242 e. The van der Waals surface area contributed by atoms with Crippen LogP contribution in [0.1, 0.15) is 0 Å². The Balaban J connectivity index is 1.12. The molecule has 0 saturated carbocycles. The minimum absolute atomic E-state index is 0.503. The molecule has 11 aromatic rings. The minimum Gasteiger partial charge on any atom is -0.242 e. The van der Waals surface area contributed by atoms with Gasteiger partial charge in [-0.2, -0.15) is 0 Å². The number of hydrogen-bond acceptors (Lipinski definition) is 4. The standard InChI is InChI=1S/C52H33N5/c1-3-15-36(16-4-1)50-55-56-51(37-17-5-2-6-18-37)57(50)52-53-32-43(33-54-52)40-27-28-46-47(31-40)49(42-26-24-35-14-8-10-20-39(35)30-42)45-22-12-11-21-44(45)48(46)41-25-23-34-13-7-9-19-38(34)29-41/h1-33H. The monoisotopic (exact) mass is 727 g/mol. The molecule has 5 heteroatoms. The summed E-state index contributed by atoms with van der Waals surface area (Å²) in [5.41, 5.74) is 8.63. The zero-order valence-corrected chi connectivity index (χ0v) is 30.8. The zero-order chi connectivity index (χ0) is 37.7. The third kappa shape index (κ3) is 5.64. The van der Waals surface area contributed by atoms with Crippen LogP contribution in [0.2, 0.25) is 0 Å². The van der Waals surface area contributed by atoms with Crippen molar-refractivity contribution in [3.63, 3.8) is 0 Å². The van der Waals surface area contributed by atoms with Gasteiger partial charge in [-0.25, -0.2) is 14.5 Å². The summed E-state index contributed by atoms with van der Waals surface area (Å²) in [4.78, 5) is 9.96. The molecule has 5 nitrogen and oxygen atoms in total. The summed E-state index contributed by atoms with van der Waals surface area (Å²) in [7, 11) is 0. The van der Waals surface area contributed by atoms with Gasteiger partial charge in [0, 0.05) is 29.1 Å². The highest BCUT2D eigenvalue weighted by atomic mass is 15.3. The highest BCUT2D eigenvalue weighted by Gasteiger charge is 2.21. The normalized spacial score (nSPS) is 11.5. The second-order valence-corrected chi connectivity index (χ2v) is 14.4. The first-order valence-electron chi connectivity index (χ1n) is 19.1. The van der Waals surface area contributed by atoms with Crippen LogP contribution in [0.15, 0.2) is 200 Å². The highest BCUT2D eigenvalue weighted by Crippen LogP contribution is 2.45. The molecule has 0 aliphatic heterocycles. The second kappa shape index (κ2) is 13.5. The van der Waals surface area contributed by atoms with Crippen LogP contribution in [0.5, 0.6) is 0 Å². The summed E-state index contributed by atoms with van der Waals surface area (Å²) in [5.74, 6) is 1.87. The van der Waals surface area contributed by atoms with Gasteiger partial charge in [-0.05, 0) is 89.1 Å². The van der Waals surface area contributed by atoms with E-state index >= 15 is 0 Å². The van der Waals surface area contributed by atoms with Gasteiger partial charge in [0.05, 0.1) is 0 Å². The van der Waals surface area contributed by atoms with Crippen molar-refractivity contribution in [3.8, 4) is 62.1 Å². The van der Waals surface area contributed by atoms with E-state index in [4.69, 9.17) is 9.97 Å². The molecule has 0 unspecified atom stereocenters. The van der Waals surface area contributed by atoms with E-state index < -0.39 is 0 Å². The van der Waals surface area contributed by atoms with E-state index in [1.54, 1.807) is 0 Å². The fraction of sp³-hybridized carbons (Fsp3) is 0. The van der Waals surface area contributed by atoms with Crippen molar-refractivity contribution >= 4 is 43.1 Å². The predicted molar refractivity (Wildman–Crippen MR) is 234 cm³/mol. The third-order valence-electron chi connectivity index (χ3n) is 11.0. The van der Waals surface area contributed by atoms with E-state index in [2.05, 4.69) is 138 Å². The molecule has 0 aliphatic carbocycles. The number of fused-ring (bicyclic) bond motifs is 4. The molecule has 0 fully saturated rings. The number of benzene rings is 9.